The molecule has 0 radical (unpaired) electrons. The molecule has 2 aliphatic carbocycles. The number of ether oxygens (including phenoxy) is 1. The molecule has 0 spiro atoms. The lowest BCUT2D eigenvalue weighted by atomic mass is 9.65. The highest BCUT2D eigenvalue weighted by Crippen LogP contribution is 2.41. The second kappa shape index (κ2) is 9.56. The number of rotatable bonds is 6. The maximum Gasteiger partial charge on any atom is 0.223 e. The Morgan fingerprint density at radius 3 is 2.48 bits per heavy atom. The Morgan fingerprint density at radius 2 is 1.84 bits per heavy atom. The van der Waals surface area contributed by atoms with Crippen molar-refractivity contribution in [1.82, 2.24) is 5.32 Å². The van der Waals surface area contributed by atoms with Crippen molar-refractivity contribution in [2.24, 2.45) is 23.5 Å². The van der Waals surface area contributed by atoms with Crippen molar-refractivity contribution in [3.63, 3.8) is 0 Å². The molecule has 140 valence electrons. The zero-order valence-electron chi connectivity index (χ0n) is 15.1. The van der Waals surface area contributed by atoms with E-state index in [0.717, 1.165) is 24.0 Å². The normalized spacial score (nSPS) is 28.1. The average Bonchev–Trinajstić information content (AvgIpc) is 2.58. The van der Waals surface area contributed by atoms with E-state index >= 15 is 0 Å². The zero-order valence-corrected chi connectivity index (χ0v) is 15.9. The number of nitrogens with two attached hydrogens (primary N) is 1. The number of hydrogen-bond acceptors (Lipinski definition) is 3. The molecule has 2 unspecified atom stereocenters. The molecule has 3 N–H and O–H groups in total. The summed E-state index contributed by atoms with van der Waals surface area (Å²) in [4.78, 5) is 12.7. The molecule has 25 heavy (non-hydrogen) atoms. The fraction of sp³-hybridized carbons (Fsp3) is 0.650. The van der Waals surface area contributed by atoms with Crippen molar-refractivity contribution in [2.45, 2.75) is 58.2 Å². The summed E-state index contributed by atoms with van der Waals surface area (Å²) in [7, 11) is 0. The van der Waals surface area contributed by atoms with Gasteiger partial charge in [-0.1, -0.05) is 30.7 Å². The zero-order chi connectivity index (χ0) is 16.9. The summed E-state index contributed by atoms with van der Waals surface area (Å²) < 4.78 is 5.52. The second-order valence-corrected chi connectivity index (χ2v) is 7.32. The van der Waals surface area contributed by atoms with Gasteiger partial charge in [0, 0.05) is 25.1 Å². The number of nitrogens with one attached hydrogen (secondary N) is 1. The van der Waals surface area contributed by atoms with Gasteiger partial charge in [-0.25, -0.2) is 0 Å². The van der Waals surface area contributed by atoms with Crippen LogP contribution in [0.4, 0.5) is 0 Å². The van der Waals surface area contributed by atoms with Crippen molar-refractivity contribution in [3.05, 3.63) is 35.4 Å². The van der Waals surface area contributed by atoms with Crippen molar-refractivity contribution in [1.29, 1.82) is 0 Å². The molecular weight excluding hydrogens is 336 g/mol. The first kappa shape index (κ1) is 20.2. The molecule has 0 aliphatic heterocycles. The van der Waals surface area contributed by atoms with E-state index in [9.17, 15) is 4.79 Å². The van der Waals surface area contributed by atoms with Crippen molar-refractivity contribution >= 4 is 18.3 Å². The molecule has 2 saturated carbocycles. The average molecular weight is 367 g/mol. The van der Waals surface area contributed by atoms with E-state index < -0.39 is 0 Å². The first-order valence-corrected chi connectivity index (χ1v) is 9.36. The van der Waals surface area contributed by atoms with Crippen LogP contribution >= 0.6 is 12.4 Å². The van der Waals surface area contributed by atoms with Crippen LogP contribution in [0.2, 0.25) is 0 Å². The van der Waals surface area contributed by atoms with Gasteiger partial charge < -0.3 is 15.8 Å². The summed E-state index contributed by atoms with van der Waals surface area (Å²) >= 11 is 0. The largest absolute Gasteiger partial charge is 0.377 e. The standard InChI is InChI=1S/C20H30N2O2.ClH/c1-2-24-13-17-7-4-3-6-16(17)12-22-20(23)18-10-14-8-5-9-15(11-18)19(14)21;/h3-4,6-7,14-15,18-19H,2,5,8-13,21H2,1H3,(H,22,23);1H. The number of carbonyl (C=O) groups is 1. The maximum absolute atomic E-state index is 12.7. The molecular formula is C20H31ClN2O2. The molecule has 3 rings (SSSR count). The minimum atomic E-state index is 0. The highest BCUT2D eigenvalue weighted by atomic mass is 35.5. The van der Waals surface area contributed by atoms with Crippen molar-refractivity contribution < 1.29 is 9.53 Å². The first-order chi connectivity index (χ1) is 11.7. The van der Waals surface area contributed by atoms with Crippen LogP contribution in [-0.2, 0) is 22.7 Å². The van der Waals surface area contributed by atoms with Crippen LogP contribution in [0.15, 0.2) is 24.3 Å². The lowest BCUT2D eigenvalue weighted by Crippen LogP contribution is -2.49. The monoisotopic (exact) mass is 366 g/mol. The predicted octanol–water partition coefficient (Wildman–Crippen LogP) is 3.41. The molecule has 0 saturated heterocycles. The van der Waals surface area contributed by atoms with Crippen LogP contribution in [0.5, 0.6) is 0 Å². The fourth-order valence-electron chi connectivity index (χ4n) is 4.41. The number of amides is 1. The summed E-state index contributed by atoms with van der Waals surface area (Å²) in [5.41, 5.74) is 8.63. The SMILES string of the molecule is CCOCc1ccccc1CNC(=O)C1CC2CCCC(C1)C2N.Cl. The van der Waals surface area contributed by atoms with Gasteiger partial charge in [0.1, 0.15) is 0 Å². The minimum Gasteiger partial charge on any atom is -0.377 e. The first-order valence-electron chi connectivity index (χ1n) is 9.36. The molecule has 2 aliphatic rings. The third-order valence-electron chi connectivity index (χ3n) is 5.82. The summed E-state index contributed by atoms with van der Waals surface area (Å²) in [6.45, 7) is 3.88. The van der Waals surface area contributed by atoms with E-state index in [1.807, 2.05) is 19.1 Å². The van der Waals surface area contributed by atoms with Crippen LogP contribution in [0.25, 0.3) is 0 Å². The molecule has 0 heterocycles. The van der Waals surface area contributed by atoms with Crippen LogP contribution < -0.4 is 11.1 Å². The number of carbonyl (C=O) groups excluding carboxylic acids is 1. The Balaban J connectivity index is 0.00000225. The third-order valence-corrected chi connectivity index (χ3v) is 5.82. The predicted molar refractivity (Wildman–Crippen MR) is 102 cm³/mol. The molecule has 1 amide bonds. The summed E-state index contributed by atoms with van der Waals surface area (Å²) in [5.74, 6) is 1.42. The van der Waals surface area contributed by atoms with Crippen LogP contribution in [0.1, 0.15) is 50.2 Å². The Kier molecular flexibility index (Phi) is 7.73. The van der Waals surface area contributed by atoms with E-state index in [0.29, 0.717) is 37.6 Å². The highest BCUT2D eigenvalue weighted by molar-refractivity contribution is 5.85. The van der Waals surface area contributed by atoms with Gasteiger partial charge in [0.15, 0.2) is 0 Å². The fourth-order valence-corrected chi connectivity index (χ4v) is 4.41. The molecule has 0 aromatic heterocycles. The van der Waals surface area contributed by atoms with E-state index in [1.165, 1.54) is 19.3 Å². The lowest BCUT2D eigenvalue weighted by Gasteiger charge is -2.43. The molecule has 5 heteroatoms. The van der Waals surface area contributed by atoms with Gasteiger partial charge in [0.05, 0.1) is 6.61 Å². The number of benzene rings is 1. The minimum absolute atomic E-state index is 0. The quantitative estimate of drug-likeness (QED) is 0.810. The van der Waals surface area contributed by atoms with E-state index in [-0.39, 0.29) is 24.2 Å². The van der Waals surface area contributed by atoms with E-state index in [1.54, 1.807) is 0 Å². The van der Waals surface area contributed by atoms with Crippen LogP contribution in [-0.4, -0.2) is 18.6 Å². The Morgan fingerprint density at radius 1 is 1.20 bits per heavy atom. The van der Waals surface area contributed by atoms with Crippen molar-refractivity contribution in [2.75, 3.05) is 6.61 Å². The Bertz CT molecular complexity index is 552. The topological polar surface area (TPSA) is 64.3 Å². The lowest BCUT2D eigenvalue weighted by molar-refractivity contribution is -0.128. The van der Waals surface area contributed by atoms with Gasteiger partial charge in [-0.3, -0.25) is 4.79 Å². The second-order valence-electron chi connectivity index (χ2n) is 7.32. The smallest absolute Gasteiger partial charge is 0.223 e. The molecule has 2 atom stereocenters. The van der Waals surface area contributed by atoms with Gasteiger partial charge in [0.2, 0.25) is 5.91 Å². The molecule has 2 fully saturated rings. The van der Waals surface area contributed by atoms with E-state index in [4.69, 9.17) is 10.5 Å². The van der Waals surface area contributed by atoms with Gasteiger partial charge in [-0.2, -0.15) is 0 Å². The van der Waals surface area contributed by atoms with Crippen molar-refractivity contribution in [3.8, 4) is 0 Å². The summed E-state index contributed by atoms with van der Waals surface area (Å²) in [6, 6.07) is 8.49. The number of fused-ring (bicyclic) bond motifs is 2. The molecule has 1 aromatic carbocycles. The van der Waals surface area contributed by atoms with Crippen LogP contribution in [0.3, 0.4) is 0 Å². The Labute approximate surface area is 157 Å². The molecule has 4 nitrogen and oxygen atoms in total. The highest BCUT2D eigenvalue weighted by Gasteiger charge is 2.40. The van der Waals surface area contributed by atoms with Crippen LogP contribution in [0, 0.1) is 17.8 Å². The molecule has 2 bridgehead atoms. The maximum atomic E-state index is 12.7. The summed E-state index contributed by atoms with van der Waals surface area (Å²) in [6.07, 6.45) is 5.59. The third kappa shape index (κ3) is 4.96. The van der Waals surface area contributed by atoms with E-state index in [2.05, 4.69) is 17.4 Å². The van der Waals surface area contributed by atoms with Gasteiger partial charge in [0.25, 0.3) is 0 Å². The van der Waals surface area contributed by atoms with Gasteiger partial charge in [-0.05, 0) is 55.6 Å². The number of hydrogen-bond donors (Lipinski definition) is 2. The number of halogens is 1. The summed E-state index contributed by atoms with van der Waals surface area (Å²) in [5, 5.41) is 3.15. The Hall–Kier alpha value is -1.10. The van der Waals surface area contributed by atoms with Gasteiger partial charge >= 0.3 is 0 Å². The molecule has 1 aromatic rings. The van der Waals surface area contributed by atoms with Gasteiger partial charge in [-0.15, -0.1) is 12.4 Å².